The van der Waals surface area contributed by atoms with Crippen LogP contribution in [0.15, 0.2) is 46.1 Å². The van der Waals surface area contributed by atoms with Gasteiger partial charge in [-0.15, -0.1) is 0 Å². The highest BCUT2D eigenvalue weighted by atomic mass is 32.1. The molecule has 6 nitrogen and oxygen atoms in total. The van der Waals surface area contributed by atoms with E-state index in [0.717, 1.165) is 42.2 Å². The molecule has 1 fully saturated rings. The Morgan fingerprint density at radius 2 is 2.07 bits per heavy atom. The fourth-order valence-corrected chi connectivity index (χ4v) is 3.23. The summed E-state index contributed by atoms with van der Waals surface area (Å²) in [5.41, 5.74) is 5.55. The molecule has 0 amide bonds. The van der Waals surface area contributed by atoms with Crippen LogP contribution in [-0.4, -0.2) is 33.9 Å². The van der Waals surface area contributed by atoms with Crippen LogP contribution < -0.4 is 10.7 Å². The van der Waals surface area contributed by atoms with Gasteiger partial charge in [-0.1, -0.05) is 6.42 Å². The lowest BCUT2D eigenvalue weighted by Gasteiger charge is -2.26. The highest BCUT2D eigenvalue weighted by molar-refractivity contribution is 7.80. The van der Waals surface area contributed by atoms with E-state index in [1.54, 1.807) is 12.3 Å². The molecule has 0 atom stereocenters. The minimum absolute atomic E-state index is 0.334. The number of phenolic OH excluding ortho intramolecular Hbond substituents is 1. The van der Waals surface area contributed by atoms with Gasteiger partial charge in [-0.25, -0.2) is 0 Å². The van der Waals surface area contributed by atoms with Crippen molar-refractivity contribution in [3.05, 3.63) is 53.5 Å². The highest BCUT2D eigenvalue weighted by Gasteiger charge is 2.13. The van der Waals surface area contributed by atoms with Crippen LogP contribution in [0, 0.1) is 0 Å². The summed E-state index contributed by atoms with van der Waals surface area (Å²) in [5.74, 6) is 1.14. The maximum absolute atomic E-state index is 10.2. The number of likely N-dealkylation sites (tertiary alicyclic amines) is 1. The van der Waals surface area contributed by atoms with Crippen LogP contribution in [0.2, 0.25) is 0 Å². The van der Waals surface area contributed by atoms with Crippen LogP contribution in [-0.2, 0) is 13.1 Å². The van der Waals surface area contributed by atoms with Gasteiger partial charge in [-0.2, -0.15) is 5.10 Å². The van der Waals surface area contributed by atoms with E-state index < -0.39 is 0 Å². The largest absolute Gasteiger partial charge is 0.508 e. The molecule has 0 unspecified atom stereocenters. The Kier molecular flexibility index (Phi) is 6.84. The lowest BCUT2D eigenvalue weighted by Crippen LogP contribution is -2.32. The molecule has 144 valence electrons. The first-order chi connectivity index (χ1) is 13.1. The zero-order valence-electron chi connectivity index (χ0n) is 15.6. The van der Waals surface area contributed by atoms with E-state index in [-0.39, 0.29) is 0 Å². The average Bonchev–Trinajstić information content (AvgIpc) is 3.20. The predicted octanol–water partition coefficient (Wildman–Crippen LogP) is 3.36. The number of aromatic hydroxyl groups is 1. The molecule has 3 rings (SSSR count). The number of benzene rings is 1. The van der Waals surface area contributed by atoms with Gasteiger partial charge in [-0.3, -0.25) is 10.3 Å². The molecule has 3 N–H and O–H groups in total. The highest BCUT2D eigenvalue weighted by Crippen LogP contribution is 2.22. The van der Waals surface area contributed by atoms with E-state index in [1.165, 1.54) is 19.3 Å². The van der Waals surface area contributed by atoms with Crippen molar-refractivity contribution in [2.24, 2.45) is 5.10 Å². The molecule has 0 spiro atoms. The summed E-state index contributed by atoms with van der Waals surface area (Å²) in [6.45, 7) is 5.37. The average molecular weight is 387 g/mol. The molecule has 0 aliphatic carbocycles. The predicted molar refractivity (Wildman–Crippen MR) is 111 cm³/mol. The Balaban J connectivity index is 1.57. The smallest absolute Gasteiger partial charge is 0.187 e. The number of thiocarbonyl (C=S) groups is 1. The molecular formula is C20H26N4O2S. The number of rotatable bonds is 6. The Hall–Kier alpha value is -2.38. The minimum Gasteiger partial charge on any atom is -0.508 e. The SMILES string of the molecule is C/C(=N\NC(=S)NCc1ccco1)c1ccc(O)c(CN2CCCCC2)c1. The summed E-state index contributed by atoms with van der Waals surface area (Å²) in [4.78, 5) is 2.39. The molecule has 1 saturated heterocycles. The first kappa shape index (κ1) is 19.4. The van der Waals surface area contributed by atoms with E-state index >= 15 is 0 Å². The second kappa shape index (κ2) is 9.53. The molecule has 2 aromatic rings. The number of hydrogen-bond acceptors (Lipinski definition) is 5. The molecule has 1 aliphatic rings. The van der Waals surface area contributed by atoms with E-state index in [1.807, 2.05) is 31.2 Å². The van der Waals surface area contributed by atoms with Crippen LogP contribution in [0.3, 0.4) is 0 Å². The standard InChI is InChI=1S/C20H26N4O2S/c1-15(22-23-20(27)21-13-18-6-5-11-26-18)16-7-8-19(25)17(12-16)14-24-9-3-2-4-10-24/h5-8,11-12,25H,2-4,9-10,13-14H2,1H3,(H2,21,23,27)/b22-15+. The number of nitrogens with zero attached hydrogens (tertiary/aromatic N) is 2. The maximum Gasteiger partial charge on any atom is 0.187 e. The van der Waals surface area contributed by atoms with Crippen LogP contribution in [0.5, 0.6) is 5.75 Å². The van der Waals surface area contributed by atoms with Gasteiger partial charge >= 0.3 is 0 Å². The molecule has 0 bridgehead atoms. The lowest BCUT2D eigenvalue weighted by molar-refractivity contribution is 0.218. The topological polar surface area (TPSA) is 73.0 Å². The zero-order valence-corrected chi connectivity index (χ0v) is 16.4. The molecular weight excluding hydrogens is 360 g/mol. The van der Waals surface area contributed by atoms with Crippen LogP contribution in [0.4, 0.5) is 0 Å². The van der Waals surface area contributed by atoms with Crippen LogP contribution in [0.1, 0.15) is 43.1 Å². The molecule has 0 saturated carbocycles. The summed E-state index contributed by atoms with van der Waals surface area (Å²) in [6.07, 6.45) is 5.39. The fourth-order valence-electron chi connectivity index (χ4n) is 3.11. The van der Waals surface area contributed by atoms with Crippen molar-refractivity contribution in [1.29, 1.82) is 0 Å². The van der Waals surface area contributed by atoms with Gasteiger partial charge in [0.05, 0.1) is 18.5 Å². The quantitative estimate of drug-likeness (QED) is 0.402. The first-order valence-electron chi connectivity index (χ1n) is 9.27. The Morgan fingerprint density at radius 1 is 1.26 bits per heavy atom. The third-order valence-corrected chi connectivity index (χ3v) is 4.90. The Morgan fingerprint density at radius 3 is 2.81 bits per heavy atom. The van der Waals surface area contributed by atoms with Crippen molar-refractivity contribution in [2.45, 2.75) is 39.3 Å². The molecule has 2 heterocycles. The van der Waals surface area contributed by atoms with E-state index in [4.69, 9.17) is 16.6 Å². The normalized spacial score (nSPS) is 15.5. The first-order valence-corrected chi connectivity index (χ1v) is 9.68. The van der Waals surface area contributed by atoms with Crippen molar-refractivity contribution in [3.63, 3.8) is 0 Å². The van der Waals surface area contributed by atoms with E-state index in [9.17, 15) is 5.11 Å². The third-order valence-electron chi connectivity index (χ3n) is 4.67. The van der Waals surface area contributed by atoms with E-state index in [2.05, 4.69) is 20.7 Å². The van der Waals surface area contributed by atoms with Gasteiger partial charge < -0.3 is 14.8 Å². The van der Waals surface area contributed by atoms with Crippen molar-refractivity contribution in [3.8, 4) is 5.75 Å². The second-order valence-electron chi connectivity index (χ2n) is 6.75. The number of hydrazone groups is 1. The van der Waals surface area contributed by atoms with Crippen molar-refractivity contribution >= 4 is 23.0 Å². The number of phenols is 1. The number of furan rings is 1. The van der Waals surface area contributed by atoms with E-state index in [0.29, 0.717) is 17.4 Å². The summed E-state index contributed by atoms with van der Waals surface area (Å²) in [6, 6.07) is 9.33. The summed E-state index contributed by atoms with van der Waals surface area (Å²) < 4.78 is 5.25. The fraction of sp³-hybridized carbons (Fsp3) is 0.400. The minimum atomic E-state index is 0.334. The van der Waals surface area contributed by atoms with Crippen LogP contribution >= 0.6 is 12.2 Å². The molecule has 1 aromatic carbocycles. The van der Waals surface area contributed by atoms with Crippen molar-refractivity contribution < 1.29 is 9.52 Å². The lowest BCUT2D eigenvalue weighted by atomic mass is 10.0. The Bertz CT molecular complexity index is 783. The molecule has 0 radical (unpaired) electrons. The Labute approximate surface area is 165 Å². The zero-order chi connectivity index (χ0) is 19.1. The second-order valence-corrected chi connectivity index (χ2v) is 7.16. The third kappa shape index (κ3) is 5.80. The van der Waals surface area contributed by atoms with Gasteiger partial charge in [-0.05, 0) is 81.0 Å². The van der Waals surface area contributed by atoms with Crippen molar-refractivity contribution in [1.82, 2.24) is 15.6 Å². The molecule has 27 heavy (non-hydrogen) atoms. The van der Waals surface area contributed by atoms with Gasteiger partial charge in [0.2, 0.25) is 0 Å². The number of piperidine rings is 1. The molecule has 1 aliphatic heterocycles. The summed E-state index contributed by atoms with van der Waals surface area (Å²) in [5, 5.41) is 18.0. The van der Waals surface area contributed by atoms with Crippen LogP contribution in [0.25, 0.3) is 0 Å². The van der Waals surface area contributed by atoms with Gasteiger partial charge in [0.1, 0.15) is 11.5 Å². The molecule has 7 heteroatoms. The monoisotopic (exact) mass is 386 g/mol. The summed E-state index contributed by atoms with van der Waals surface area (Å²) >= 11 is 5.23. The van der Waals surface area contributed by atoms with Gasteiger partial charge in [0, 0.05) is 12.1 Å². The number of nitrogens with one attached hydrogen (secondary N) is 2. The van der Waals surface area contributed by atoms with Crippen molar-refractivity contribution in [2.75, 3.05) is 13.1 Å². The van der Waals surface area contributed by atoms with Gasteiger partial charge in [0.15, 0.2) is 5.11 Å². The van der Waals surface area contributed by atoms with Gasteiger partial charge in [0.25, 0.3) is 0 Å². The number of hydrogen-bond donors (Lipinski definition) is 3. The maximum atomic E-state index is 10.2. The summed E-state index contributed by atoms with van der Waals surface area (Å²) in [7, 11) is 0. The molecule has 1 aromatic heterocycles.